The number of esters is 1. The van der Waals surface area contributed by atoms with E-state index in [1.54, 1.807) is 27.8 Å². The second-order valence-electron chi connectivity index (χ2n) is 12.7. The Kier molecular flexibility index (Phi) is 14.2. The van der Waals surface area contributed by atoms with E-state index < -0.39 is 47.6 Å². The van der Waals surface area contributed by atoms with Crippen LogP contribution in [0.1, 0.15) is 87.1 Å². The van der Waals surface area contributed by atoms with Gasteiger partial charge in [0.1, 0.15) is 30.3 Å². The highest BCUT2D eigenvalue weighted by Gasteiger charge is 2.35. The fourth-order valence-electron chi connectivity index (χ4n) is 4.21. The lowest BCUT2D eigenvalue weighted by Gasteiger charge is -2.33. The standard InChI is InChI=1S/C31H51N3O6/c1-20(2)16-24(33-30(38)40-31(7,8)9)28(36)34(10)26(18-22(5)6)27(35)32-25(17-21(3)4)29(37)39-19-23-14-12-11-13-15-23/h11-15,20-22,24-26H,16-19H2,1-10H3,(H,32,35)(H,33,38)/t24-,25+,26+/m1/s1. The highest BCUT2D eigenvalue weighted by molar-refractivity contribution is 5.93. The monoisotopic (exact) mass is 561 g/mol. The Hall–Kier alpha value is -3.10. The summed E-state index contributed by atoms with van der Waals surface area (Å²) in [7, 11) is 1.56. The minimum atomic E-state index is -0.871. The molecule has 0 aliphatic heterocycles. The quantitative estimate of drug-likeness (QED) is 0.307. The molecule has 1 rings (SSSR count). The first-order valence-corrected chi connectivity index (χ1v) is 14.3. The molecule has 1 aromatic rings. The van der Waals surface area contributed by atoms with Crippen molar-refractivity contribution < 1.29 is 28.7 Å². The fraction of sp³-hybridized carbons (Fsp3) is 0.677. The van der Waals surface area contributed by atoms with Crippen LogP contribution in [0.15, 0.2) is 30.3 Å². The molecule has 0 aliphatic carbocycles. The zero-order chi connectivity index (χ0) is 30.6. The lowest BCUT2D eigenvalue weighted by atomic mass is 9.98. The van der Waals surface area contributed by atoms with Crippen LogP contribution in [0.5, 0.6) is 0 Å². The highest BCUT2D eigenvalue weighted by Crippen LogP contribution is 2.17. The molecule has 0 aromatic heterocycles. The number of amides is 3. The zero-order valence-corrected chi connectivity index (χ0v) is 26.1. The SMILES string of the molecule is CC(C)C[C@H](NC(=O)[C@H](CC(C)C)N(C)C(=O)[C@@H](CC(C)C)NC(=O)OC(C)(C)C)C(=O)OCc1ccccc1. The van der Waals surface area contributed by atoms with Crippen LogP contribution in [0.3, 0.4) is 0 Å². The fourth-order valence-corrected chi connectivity index (χ4v) is 4.21. The van der Waals surface area contributed by atoms with Gasteiger partial charge in [-0.15, -0.1) is 0 Å². The molecule has 0 aliphatic rings. The molecule has 3 amide bonds. The van der Waals surface area contributed by atoms with Crippen molar-refractivity contribution in [3.05, 3.63) is 35.9 Å². The maximum atomic E-state index is 13.6. The number of alkyl carbamates (subject to hydrolysis) is 1. The molecule has 0 heterocycles. The molecular weight excluding hydrogens is 510 g/mol. The molecule has 0 radical (unpaired) electrons. The van der Waals surface area contributed by atoms with E-state index >= 15 is 0 Å². The largest absolute Gasteiger partial charge is 0.459 e. The molecule has 0 fully saturated rings. The van der Waals surface area contributed by atoms with E-state index in [0.717, 1.165) is 5.56 Å². The zero-order valence-electron chi connectivity index (χ0n) is 26.1. The number of nitrogens with one attached hydrogen (secondary N) is 2. The summed E-state index contributed by atoms with van der Waals surface area (Å²) >= 11 is 0. The van der Waals surface area contributed by atoms with Crippen molar-refractivity contribution in [3.8, 4) is 0 Å². The summed E-state index contributed by atoms with van der Waals surface area (Å²) in [5.74, 6) is -1.05. The van der Waals surface area contributed by atoms with E-state index in [2.05, 4.69) is 10.6 Å². The Bertz CT molecular complexity index is 956. The van der Waals surface area contributed by atoms with Gasteiger partial charge in [-0.1, -0.05) is 71.9 Å². The van der Waals surface area contributed by atoms with Gasteiger partial charge in [0.25, 0.3) is 0 Å². The number of rotatable bonds is 14. The van der Waals surface area contributed by atoms with Crippen LogP contribution >= 0.6 is 0 Å². The number of carbonyl (C=O) groups excluding carboxylic acids is 4. The summed E-state index contributed by atoms with van der Waals surface area (Å²) in [5, 5.41) is 5.55. The molecule has 9 nitrogen and oxygen atoms in total. The molecule has 3 atom stereocenters. The maximum Gasteiger partial charge on any atom is 0.408 e. The van der Waals surface area contributed by atoms with Gasteiger partial charge < -0.3 is 25.0 Å². The minimum Gasteiger partial charge on any atom is -0.459 e. The van der Waals surface area contributed by atoms with Crippen molar-refractivity contribution in [1.82, 2.24) is 15.5 Å². The Morgan fingerprint density at radius 2 is 1.32 bits per heavy atom. The maximum absolute atomic E-state index is 13.6. The molecule has 226 valence electrons. The Morgan fingerprint density at radius 1 is 0.800 bits per heavy atom. The highest BCUT2D eigenvalue weighted by atomic mass is 16.6. The van der Waals surface area contributed by atoms with Crippen molar-refractivity contribution in [1.29, 1.82) is 0 Å². The first-order chi connectivity index (χ1) is 18.5. The molecule has 2 N–H and O–H groups in total. The molecule has 0 bridgehead atoms. The Morgan fingerprint density at radius 3 is 1.82 bits per heavy atom. The van der Waals surface area contributed by atoms with Crippen LogP contribution in [-0.4, -0.2) is 59.6 Å². The average molecular weight is 562 g/mol. The second-order valence-corrected chi connectivity index (χ2v) is 12.7. The van der Waals surface area contributed by atoms with E-state index in [9.17, 15) is 19.2 Å². The lowest BCUT2D eigenvalue weighted by Crippen LogP contribution is -2.57. The van der Waals surface area contributed by atoms with Crippen molar-refractivity contribution in [2.45, 2.75) is 112 Å². The van der Waals surface area contributed by atoms with Gasteiger partial charge in [-0.2, -0.15) is 0 Å². The summed E-state index contributed by atoms with van der Waals surface area (Å²) in [6, 6.07) is 6.76. The summed E-state index contributed by atoms with van der Waals surface area (Å²) in [6.07, 6.45) is 0.451. The summed E-state index contributed by atoms with van der Waals surface area (Å²) in [5.41, 5.74) is 0.129. The van der Waals surface area contributed by atoms with Gasteiger partial charge in [-0.05, 0) is 63.4 Å². The van der Waals surface area contributed by atoms with Crippen LogP contribution in [0.2, 0.25) is 0 Å². The summed E-state index contributed by atoms with van der Waals surface area (Å²) < 4.78 is 10.9. The summed E-state index contributed by atoms with van der Waals surface area (Å²) in [6.45, 7) is 17.1. The van der Waals surface area contributed by atoms with Crippen LogP contribution < -0.4 is 10.6 Å². The first kappa shape index (κ1) is 34.9. The number of hydrogen-bond acceptors (Lipinski definition) is 6. The molecule has 0 saturated heterocycles. The van der Waals surface area contributed by atoms with Gasteiger partial charge in [0.2, 0.25) is 11.8 Å². The number of benzene rings is 1. The van der Waals surface area contributed by atoms with Gasteiger partial charge in [-0.25, -0.2) is 9.59 Å². The normalized spacial score (nSPS) is 13.9. The Labute approximate surface area is 240 Å². The third-order valence-corrected chi connectivity index (χ3v) is 6.04. The van der Waals surface area contributed by atoms with Crippen LogP contribution in [-0.2, 0) is 30.5 Å². The van der Waals surface area contributed by atoms with E-state index in [1.165, 1.54) is 4.90 Å². The average Bonchev–Trinajstić information content (AvgIpc) is 2.82. The van der Waals surface area contributed by atoms with E-state index in [1.807, 2.05) is 71.9 Å². The predicted molar refractivity (Wildman–Crippen MR) is 156 cm³/mol. The van der Waals surface area contributed by atoms with Crippen LogP contribution in [0.25, 0.3) is 0 Å². The topological polar surface area (TPSA) is 114 Å². The van der Waals surface area contributed by atoms with Gasteiger partial charge in [-0.3, -0.25) is 9.59 Å². The van der Waals surface area contributed by atoms with E-state index in [0.29, 0.717) is 19.3 Å². The van der Waals surface area contributed by atoms with Crippen molar-refractivity contribution in [2.24, 2.45) is 17.8 Å². The van der Waals surface area contributed by atoms with Crippen molar-refractivity contribution in [2.75, 3.05) is 7.05 Å². The molecule has 0 unspecified atom stereocenters. The lowest BCUT2D eigenvalue weighted by molar-refractivity contribution is -0.150. The Balaban J connectivity index is 3.11. The molecule has 0 spiro atoms. The smallest absolute Gasteiger partial charge is 0.408 e. The minimum absolute atomic E-state index is 0.0851. The van der Waals surface area contributed by atoms with Gasteiger partial charge in [0.05, 0.1) is 0 Å². The third kappa shape index (κ3) is 13.3. The van der Waals surface area contributed by atoms with Crippen molar-refractivity contribution in [3.63, 3.8) is 0 Å². The first-order valence-electron chi connectivity index (χ1n) is 14.3. The predicted octanol–water partition coefficient (Wildman–Crippen LogP) is 5.07. The number of likely N-dealkylation sites (N-methyl/N-ethyl adjacent to an activating group) is 1. The molecule has 9 heteroatoms. The van der Waals surface area contributed by atoms with Gasteiger partial charge >= 0.3 is 12.1 Å². The third-order valence-electron chi connectivity index (χ3n) is 6.04. The molecule has 1 aromatic carbocycles. The van der Waals surface area contributed by atoms with Crippen molar-refractivity contribution >= 4 is 23.9 Å². The van der Waals surface area contributed by atoms with Gasteiger partial charge in [0, 0.05) is 7.05 Å². The number of nitrogens with zero attached hydrogens (tertiary/aromatic N) is 1. The number of hydrogen-bond donors (Lipinski definition) is 2. The van der Waals surface area contributed by atoms with Crippen LogP contribution in [0.4, 0.5) is 4.79 Å². The number of carbonyl (C=O) groups is 4. The van der Waals surface area contributed by atoms with E-state index in [4.69, 9.17) is 9.47 Å². The summed E-state index contributed by atoms with van der Waals surface area (Å²) in [4.78, 5) is 54.2. The van der Waals surface area contributed by atoms with Crippen LogP contribution in [0, 0.1) is 17.8 Å². The molecular formula is C31H51N3O6. The van der Waals surface area contributed by atoms with Gasteiger partial charge in [0.15, 0.2) is 0 Å². The van der Waals surface area contributed by atoms with E-state index in [-0.39, 0.29) is 24.4 Å². The second kappa shape index (κ2) is 16.2. The number of ether oxygens (including phenoxy) is 2. The molecule has 0 saturated carbocycles. The molecule has 40 heavy (non-hydrogen) atoms.